The summed E-state index contributed by atoms with van der Waals surface area (Å²) in [7, 11) is 1.70. The highest BCUT2D eigenvalue weighted by molar-refractivity contribution is 5.95. The van der Waals surface area contributed by atoms with E-state index < -0.39 is 17.4 Å². The molecule has 1 N–H and O–H groups in total. The highest BCUT2D eigenvalue weighted by atomic mass is 16.4. The highest BCUT2D eigenvalue weighted by Gasteiger charge is 2.55. The first-order chi connectivity index (χ1) is 12.4. The topological polar surface area (TPSA) is 77.9 Å². The lowest BCUT2D eigenvalue weighted by molar-refractivity contribution is -0.145. The van der Waals surface area contributed by atoms with Gasteiger partial charge in [0.1, 0.15) is 0 Å². The number of nitrogens with zero attached hydrogens (tertiary/aromatic N) is 2. The molecule has 0 unspecified atom stereocenters. The summed E-state index contributed by atoms with van der Waals surface area (Å²) in [4.78, 5) is 40.1. The second-order valence-electron chi connectivity index (χ2n) is 7.78. The molecule has 1 atom stereocenters. The molecule has 138 valence electrons. The molecule has 26 heavy (non-hydrogen) atoms. The minimum atomic E-state index is -0.916. The number of likely N-dealkylation sites (tertiary alicyclic amines) is 2. The molecule has 4 rings (SSSR count). The normalized spacial score (nSPS) is 24.2. The Bertz CT molecular complexity index is 780. The fourth-order valence-corrected chi connectivity index (χ4v) is 4.97. The lowest BCUT2D eigenvalue weighted by Crippen LogP contribution is -2.56. The van der Waals surface area contributed by atoms with E-state index in [1.807, 2.05) is 12.1 Å². The van der Waals surface area contributed by atoms with E-state index in [1.165, 1.54) is 11.1 Å². The van der Waals surface area contributed by atoms with Crippen LogP contribution in [0.1, 0.15) is 47.2 Å². The lowest BCUT2D eigenvalue weighted by atomic mass is 9.77. The number of hydrogen-bond acceptors (Lipinski definition) is 3. The third-order valence-corrected chi connectivity index (χ3v) is 6.63. The zero-order valence-corrected chi connectivity index (χ0v) is 15.0. The molecule has 0 radical (unpaired) electrons. The largest absolute Gasteiger partial charge is 0.481 e. The minimum Gasteiger partial charge on any atom is -0.481 e. The van der Waals surface area contributed by atoms with E-state index in [4.69, 9.17) is 0 Å². The summed E-state index contributed by atoms with van der Waals surface area (Å²) in [5.74, 6) is -1.71. The average molecular weight is 356 g/mol. The van der Waals surface area contributed by atoms with Crippen LogP contribution in [0.2, 0.25) is 0 Å². The Hall–Kier alpha value is -2.37. The van der Waals surface area contributed by atoms with Crippen LogP contribution in [0.25, 0.3) is 0 Å². The van der Waals surface area contributed by atoms with Crippen LogP contribution in [0, 0.1) is 5.92 Å². The number of rotatable bonds is 2. The number of carboxylic acid groups (broad SMARTS) is 1. The fraction of sp³-hybridized carbons (Fsp3) is 0.550. The second kappa shape index (κ2) is 6.11. The van der Waals surface area contributed by atoms with E-state index in [0.717, 1.165) is 19.3 Å². The van der Waals surface area contributed by atoms with Crippen molar-refractivity contribution in [1.29, 1.82) is 0 Å². The van der Waals surface area contributed by atoms with Crippen molar-refractivity contribution < 1.29 is 19.5 Å². The van der Waals surface area contributed by atoms with Gasteiger partial charge in [-0.05, 0) is 55.4 Å². The molecule has 2 aliphatic heterocycles. The van der Waals surface area contributed by atoms with Gasteiger partial charge in [0.05, 0.1) is 11.5 Å². The van der Waals surface area contributed by atoms with Gasteiger partial charge in [-0.25, -0.2) is 0 Å². The summed E-state index contributed by atoms with van der Waals surface area (Å²) in [6.45, 7) is 0.967. The molecule has 1 aliphatic carbocycles. The number of aryl methyl sites for hydroxylation is 2. The Balaban J connectivity index is 1.50. The van der Waals surface area contributed by atoms with Gasteiger partial charge in [-0.2, -0.15) is 0 Å². The molecule has 2 saturated heterocycles. The Morgan fingerprint density at radius 3 is 2.54 bits per heavy atom. The van der Waals surface area contributed by atoms with Gasteiger partial charge >= 0.3 is 5.97 Å². The number of aliphatic carboxylic acids is 1. The molecular formula is C20H24N2O4. The summed E-state index contributed by atoms with van der Waals surface area (Å²) in [6.07, 6.45) is 4.37. The summed E-state index contributed by atoms with van der Waals surface area (Å²) in [6, 6.07) is 5.98. The Labute approximate surface area is 152 Å². The minimum absolute atomic E-state index is 0.00778. The van der Waals surface area contributed by atoms with Crippen LogP contribution in [0.15, 0.2) is 18.2 Å². The smallest absolute Gasteiger partial charge is 0.309 e. The van der Waals surface area contributed by atoms with Crippen LogP contribution in [0.3, 0.4) is 0 Å². The molecule has 0 saturated carbocycles. The van der Waals surface area contributed by atoms with Crippen LogP contribution < -0.4 is 0 Å². The molecule has 2 heterocycles. The molecule has 1 spiro atoms. The first-order valence-electron chi connectivity index (χ1n) is 9.33. The first kappa shape index (κ1) is 17.1. The predicted molar refractivity (Wildman–Crippen MR) is 94.8 cm³/mol. The number of carbonyl (C=O) groups excluding carboxylic acids is 2. The van der Waals surface area contributed by atoms with Crippen molar-refractivity contribution in [3.05, 3.63) is 34.9 Å². The molecule has 2 fully saturated rings. The monoisotopic (exact) mass is 356 g/mol. The van der Waals surface area contributed by atoms with Crippen LogP contribution >= 0.6 is 0 Å². The van der Waals surface area contributed by atoms with Gasteiger partial charge in [-0.3, -0.25) is 14.4 Å². The Morgan fingerprint density at radius 1 is 1.15 bits per heavy atom. The summed E-state index contributed by atoms with van der Waals surface area (Å²) in [5.41, 5.74) is 2.68. The summed E-state index contributed by atoms with van der Waals surface area (Å²) in [5, 5.41) is 9.55. The molecule has 1 aromatic rings. The SMILES string of the molecule is CN1C(=O)C[C@@H](C(=O)O)C12CCN(C(=O)c1ccc3c(c1)CCC3)CC2. The molecule has 0 aromatic heterocycles. The molecule has 3 aliphatic rings. The Kier molecular flexibility index (Phi) is 4.01. The van der Waals surface area contributed by atoms with E-state index in [-0.39, 0.29) is 18.2 Å². The van der Waals surface area contributed by atoms with E-state index in [0.29, 0.717) is 31.5 Å². The molecule has 0 bridgehead atoms. The third kappa shape index (κ3) is 2.50. The van der Waals surface area contributed by atoms with Gasteiger partial charge < -0.3 is 14.9 Å². The van der Waals surface area contributed by atoms with Crippen molar-refractivity contribution in [2.24, 2.45) is 5.92 Å². The lowest BCUT2D eigenvalue weighted by Gasteiger charge is -2.45. The van der Waals surface area contributed by atoms with Crippen LogP contribution in [0.4, 0.5) is 0 Å². The average Bonchev–Trinajstić information content (AvgIpc) is 3.20. The second-order valence-corrected chi connectivity index (χ2v) is 7.78. The number of amides is 2. The summed E-state index contributed by atoms with van der Waals surface area (Å²) >= 11 is 0. The fourth-order valence-electron chi connectivity index (χ4n) is 4.97. The number of piperidine rings is 1. The first-order valence-corrected chi connectivity index (χ1v) is 9.33. The van der Waals surface area contributed by atoms with Gasteiger partial charge in [0, 0.05) is 32.1 Å². The molecule has 2 amide bonds. The van der Waals surface area contributed by atoms with Crippen molar-refractivity contribution in [3.63, 3.8) is 0 Å². The zero-order chi connectivity index (χ0) is 18.5. The molecular weight excluding hydrogens is 332 g/mol. The Morgan fingerprint density at radius 2 is 1.85 bits per heavy atom. The number of hydrogen-bond donors (Lipinski definition) is 1. The van der Waals surface area contributed by atoms with E-state index >= 15 is 0 Å². The van der Waals surface area contributed by atoms with Crippen molar-refractivity contribution in [2.75, 3.05) is 20.1 Å². The van der Waals surface area contributed by atoms with Crippen molar-refractivity contribution in [3.8, 4) is 0 Å². The quantitative estimate of drug-likeness (QED) is 0.875. The van der Waals surface area contributed by atoms with Gasteiger partial charge in [0.15, 0.2) is 0 Å². The third-order valence-electron chi connectivity index (χ3n) is 6.63. The number of carboxylic acids is 1. The maximum atomic E-state index is 12.9. The summed E-state index contributed by atoms with van der Waals surface area (Å²) < 4.78 is 0. The van der Waals surface area contributed by atoms with Crippen molar-refractivity contribution in [2.45, 2.75) is 44.1 Å². The van der Waals surface area contributed by atoms with Crippen LogP contribution in [-0.4, -0.2) is 58.4 Å². The van der Waals surface area contributed by atoms with Gasteiger partial charge in [0.25, 0.3) is 5.91 Å². The van der Waals surface area contributed by atoms with Gasteiger partial charge in [-0.15, -0.1) is 0 Å². The molecule has 6 heteroatoms. The van der Waals surface area contributed by atoms with E-state index in [9.17, 15) is 19.5 Å². The maximum absolute atomic E-state index is 12.9. The molecule has 1 aromatic carbocycles. The van der Waals surface area contributed by atoms with Crippen LogP contribution in [-0.2, 0) is 22.4 Å². The predicted octanol–water partition coefficient (Wildman–Crippen LogP) is 1.71. The van der Waals surface area contributed by atoms with Gasteiger partial charge in [0.2, 0.25) is 5.91 Å². The highest BCUT2D eigenvalue weighted by Crippen LogP contribution is 2.43. The van der Waals surface area contributed by atoms with Crippen LogP contribution in [0.5, 0.6) is 0 Å². The number of fused-ring (bicyclic) bond motifs is 1. The van der Waals surface area contributed by atoms with Crippen molar-refractivity contribution in [1.82, 2.24) is 9.80 Å². The standard InChI is InChI=1S/C20H24N2O4/c1-21-17(23)12-16(19(25)26)20(21)7-9-22(10-8-20)18(24)15-6-5-13-3-2-4-14(13)11-15/h5-6,11,16H,2-4,7-10,12H2,1H3,(H,25,26)/t16-/m0/s1. The maximum Gasteiger partial charge on any atom is 0.309 e. The van der Waals surface area contributed by atoms with Crippen molar-refractivity contribution >= 4 is 17.8 Å². The van der Waals surface area contributed by atoms with E-state index in [2.05, 4.69) is 6.07 Å². The number of benzene rings is 1. The van der Waals surface area contributed by atoms with Gasteiger partial charge in [-0.1, -0.05) is 6.07 Å². The number of carbonyl (C=O) groups is 3. The molecule has 6 nitrogen and oxygen atoms in total. The zero-order valence-electron chi connectivity index (χ0n) is 15.0. The van der Waals surface area contributed by atoms with E-state index in [1.54, 1.807) is 16.8 Å².